The molecule has 0 fully saturated rings. The van der Waals surface area contributed by atoms with Crippen molar-refractivity contribution in [3.05, 3.63) is 34.9 Å². The molecule has 6 heteroatoms. The molecule has 0 radical (unpaired) electrons. The second-order valence-electron chi connectivity index (χ2n) is 4.49. The van der Waals surface area contributed by atoms with Gasteiger partial charge in [-0.2, -0.15) is 13.2 Å². The summed E-state index contributed by atoms with van der Waals surface area (Å²) in [5.74, 6) is -0.482. The Bertz CT molecular complexity index is 485. The predicted octanol–water partition coefficient (Wildman–Crippen LogP) is 2.61. The number of aryl methyl sites for hydroxylation is 1. The molecular formula is C13H14F3NO2. The first-order chi connectivity index (χ1) is 8.90. The van der Waals surface area contributed by atoms with Crippen LogP contribution >= 0.6 is 0 Å². The van der Waals surface area contributed by atoms with E-state index in [1.54, 1.807) is 18.2 Å². The molecule has 104 valence electrons. The standard InChI is InChI=1S/C13H14F3NO2/c1-19-12(18)9-3-2-8-4-5-11(10(8)6-9)17-7-13(14,15)16/h2-3,6,11,17H,4-5,7H2,1H3. The highest BCUT2D eigenvalue weighted by molar-refractivity contribution is 5.89. The van der Waals surface area contributed by atoms with Crippen LogP contribution in [0.25, 0.3) is 0 Å². The topological polar surface area (TPSA) is 38.3 Å². The van der Waals surface area contributed by atoms with Gasteiger partial charge in [0.05, 0.1) is 19.2 Å². The molecule has 1 aromatic rings. The number of nitrogens with one attached hydrogen (secondary N) is 1. The molecular weight excluding hydrogens is 259 g/mol. The minimum absolute atomic E-state index is 0.360. The molecule has 1 unspecified atom stereocenters. The van der Waals surface area contributed by atoms with Crippen molar-refractivity contribution in [1.82, 2.24) is 5.32 Å². The van der Waals surface area contributed by atoms with Crippen LogP contribution in [0.2, 0.25) is 0 Å². The lowest BCUT2D eigenvalue weighted by atomic mass is 10.0. The Morgan fingerprint density at radius 3 is 2.84 bits per heavy atom. The first-order valence-electron chi connectivity index (χ1n) is 5.92. The number of ether oxygens (including phenoxy) is 1. The number of hydrogen-bond acceptors (Lipinski definition) is 3. The van der Waals surface area contributed by atoms with Crippen LogP contribution in [0.1, 0.15) is 33.9 Å². The Morgan fingerprint density at radius 1 is 1.47 bits per heavy atom. The van der Waals surface area contributed by atoms with E-state index < -0.39 is 18.7 Å². The summed E-state index contributed by atoms with van der Waals surface area (Å²) in [6, 6.07) is 4.66. The molecule has 0 aliphatic heterocycles. The van der Waals surface area contributed by atoms with E-state index in [4.69, 9.17) is 0 Å². The smallest absolute Gasteiger partial charge is 0.401 e. The number of fused-ring (bicyclic) bond motifs is 1. The first kappa shape index (κ1) is 13.9. The number of esters is 1. The fourth-order valence-electron chi connectivity index (χ4n) is 2.30. The SMILES string of the molecule is COC(=O)c1ccc2c(c1)C(NCC(F)(F)F)CC2. The molecule has 1 aromatic carbocycles. The zero-order valence-electron chi connectivity index (χ0n) is 10.4. The molecule has 0 aromatic heterocycles. The van der Waals surface area contributed by atoms with Crippen molar-refractivity contribution in [2.45, 2.75) is 25.1 Å². The Labute approximate surface area is 108 Å². The number of alkyl halides is 3. The Morgan fingerprint density at radius 2 is 2.21 bits per heavy atom. The van der Waals surface area contributed by atoms with Crippen molar-refractivity contribution in [2.24, 2.45) is 0 Å². The van der Waals surface area contributed by atoms with Gasteiger partial charge in [0, 0.05) is 6.04 Å². The zero-order chi connectivity index (χ0) is 14.0. The van der Waals surface area contributed by atoms with Crippen molar-refractivity contribution >= 4 is 5.97 Å². The van der Waals surface area contributed by atoms with Crippen molar-refractivity contribution < 1.29 is 22.7 Å². The van der Waals surface area contributed by atoms with E-state index in [-0.39, 0.29) is 6.04 Å². The minimum atomic E-state index is -4.23. The van der Waals surface area contributed by atoms with E-state index in [2.05, 4.69) is 10.1 Å². The Hall–Kier alpha value is -1.56. The molecule has 1 aliphatic rings. The fraction of sp³-hybridized carbons (Fsp3) is 0.462. The maximum absolute atomic E-state index is 12.2. The average Bonchev–Trinajstić information content (AvgIpc) is 2.76. The van der Waals surface area contributed by atoms with E-state index in [0.29, 0.717) is 18.4 Å². The highest BCUT2D eigenvalue weighted by Crippen LogP contribution is 2.32. The zero-order valence-corrected chi connectivity index (χ0v) is 10.4. The Kier molecular flexibility index (Phi) is 3.80. The van der Waals surface area contributed by atoms with Gasteiger partial charge < -0.3 is 10.1 Å². The summed E-state index contributed by atoms with van der Waals surface area (Å²) >= 11 is 0. The molecule has 1 atom stereocenters. The van der Waals surface area contributed by atoms with Gasteiger partial charge in [0.25, 0.3) is 0 Å². The predicted molar refractivity (Wildman–Crippen MR) is 62.9 cm³/mol. The van der Waals surface area contributed by atoms with Crippen molar-refractivity contribution in [2.75, 3.05) is 13.7 Å². The molecule has 0 saturated carbocycles. The molecule has 2 rings (SSSR count). The lowest BCUT2D eigenvalue weighted by Gasteiger charge is -2.16. The average molecular weight is 273 g/mol. The largest absolute Gasteiger partial charge is 0.465 e. The summed E-state index contributed by atoms with van der Waals surface area (Å²) in [6.45, 7) is -1.03. The van der Waals surface area contributed by atoms with Crippen LogP contribution in [0, 0.1) is 0 Å². The second kappa shape index (κ2) is 5.21. The minimum Gasteiger partial charge on any atom is -0.465 e. The lowest BCUT2D eigenvalue weighted by Crippen LogP contribution is -2.31. The number of hydrogen-bond donors (Lipinski definition) is 1. The highest BCUT2D eigenvalue weighted by Gasteiger charge is 2.31. The molecule has 1 N–H and O–H groups in total. The second-order valence-corrected chi connectivity index (χ2v) is 4.49. The number of rotatable bonds is 3. The van der Waals surface area contributed by atoms with E-state index in [9.17, 15) is 18.0 Å². The van der Waals surface area contributed by atoms with Gasteiger partial charge >= 0.3 is 12.1 Å². The number of carbonyl (C=O) groups excluding carboxylic acids is 1. The van der Waals surface area contributed by atoms with Gasteiger partial charge in [-0.25, -0.2) is 4.79 Å². The van der Waals surface area contributed by atoms with E-state index in [1.165, 1.54) is 7.11 Å². The van der Waals surface area contributed by atoms with Crippen LogP contribution in [0.4, 0.5) is 13.2 Å². The molecule has 0 amide bonds. The van der Waals surface area contributed by atoms with Crippen LogP contribution < -0.4 is 5.32 Å². The highest BCUT2D eigenvalue weighted by atomic mass is 19.4. The third kappa shape index (κ3) is 3.26. The summed E-state index contributed by atoms with van der Waals surface area (Å²) in [4.78, 5) is 11.4. The van der Waals surface area contributed by atoms with Gasteiger partial charge in [0.1, 0.15) is 0 Å². The Balaban J connectivity index is 2.16. The summed E-state index contributed by atoms with van der Waals surface area (Å²) in [5, 5.41) is 2.48. The maximum Gasteiger partial charge on any atom is 0.401 e. The summed E-state index contributed by atoms with van der Waals surface area (Å²) < 4.78 is 41.2. The lowest BCUT2D eigenvalue weighted by molar-refractivity contribution is -0.126. The first-order valence-corrected chi connectivity index (χ1v) is 5.92. The summed E-state index contributed by atoms with van der Waals surface area (Å²) in [7, 11) is 1.27. The van der Waals surface area contributed by atoms with Crippen LogP contribution in [0.5, 0.6) is 0 Å². The normalized spacial score (nSPS) is 18.2. The molecule has 0 saturated heterocycles. The van der Waals surface area contributed by atoms with Crippen LogP contribution in [-0.2, 0) is 11.2 Å². The van der Waals surface area contributed by atoms with E-state index in [0.717, 1.165) is 11.1 Å². The van der Waals surface area contributed by atoms with Crippen molar-refractivity contribution in [3.63, 3.8) is 0 Å². The van der Waals surface area contributed by atoms with E-state index >= 15 is 0 Å². The van der Waals surface area contributed by atoms with E-state index in [1.807, 2.05) is 0 Å². The number of halogens is 3. The fourth-order valence-corrected chi connectivity index (χ4v) is 2.30. The quantitative estimate of drug-likeness (QED) is 0.860. The number of methoxy groups -OCH3 is 1. The monoisotopic (exact) mass is 273 g/mol. The van der Waals surface area contributed by atoms with Gasteiger partial charge in [0.15, 0.2) is 0 Å². The maximum atomic E-state index is 12.2. The van der Waals surface area contributed by atoms with Gasteiger partial charge in [-0.15, -0.1) is 0 Å². The summed E-state index contributed by atoms with van der Waals surface area (Å²) in [5.41, 5.74) is 2.10. The molecule has 0 heterocycles. The van der Waals surface area contributed by atoms with Crippen LogP contribution in [0.15, 0.2) is 18.2 Å². The van der Waals surface area contributed by atoms with Crippen LogP contribution in [0.3, 0.4) is 0 Å². The number of carbonyl (C=O) groups is 1. The number of benzene rings is 1. The third-order valence-electron chi connectivity index (χ3n) is 3.19. The van der Waals surface area contributed by atoms with Crippen LogP contribution in [-0.4, -0.2) is 25.8 Å². The van der Waals surface area contributed by atoms with Gasteiger partial charge in [-0.3, -0.25) is 0 Å². The van der Waals surface area contributed by atoms with Gasteiger partial charge in [-0.05, 0) is 36.1 Å². The molecule has 0 bridgehead atoms. The summed E-state index contributed by atoms with van der Waals surface area (Å²) in [6.07, 6.45) is -2.91. The molecule has 3 nitrogen and oxygen atoms in total. The van der Waals surface area contributed by atoms with Gasteiger partial charge in [-0.1, -0.05) is 6.07 Å². The van der Waals surface area contributed by atoms with Crippen molar-refractivity contribution in [1.29, 1.82) is 0 Å². The van der Waals surface area contributed by atoms with Gasteiger partial charge in [0.2, 0.25) is 0 Å². The molecule has 0 spiro atoms. The third-order valence-corrected chi connectivity index (χ3v) is 3.19. The molecule has 19 heavy (non-hydrogen) atoms. The van der Waals surface area contributed by atoms with Crippen molar-refractivity contribution in [3.8, 4) is 0 Å². The molecule has 1 aliphatic carbocycles.